The highest BCUT2D eigenvalue weighted by molar-refractivity contribution is 5.88. The maximum atomic E-state index is 10.5. The van der Waals surface area contributed by atoms with E-state index in [4.69, 9.17) is 16.6 Å². The Kier molecular flexibility index (Phi) is 3.11. The summed E-state index contributed by atoms with van der Waals surface area (Å²) >= 11 is 0. The van der Waals surface area contributed by atoms with Crippen molar-refractivity contribution in [2.24, 2.45) is 10.9 Å². The molecule has 1 rings (SSSR count). The number of carbonyl (C=O) groups is 1. The number of aromatic nitrogens is 3. The average molecular weight is 210 g/mol. The van der Waals surface area contributed by atoms with E-state index in [0.717, 1.165) is 0 Å². The van der Waals surface area contributed by atoms with E-state index in [-0.39, 0.29) is 17.8 Å². The highest BCUT2D eigenvalue weighted by atomic mass is 16.4. The summed E-state index contributed by atoms with van der Waals surface area (Å²) in [6.07, 6.45) is 1.19. The van der Waals surface area contributed by atoms with Crippen molar-refractivity contribution in [1.82, 2.24) is 15.0 Å². The molecule has 0 fully saturated rings. The first-order valence-corrected chi connectivity index (χ1v) is 4.03. The fourth-order valence-corrected chi connectivity index (χ4v) is 0.697. The summed E-state index contributed by atoms with van der Waals surface area (Å²) in [6.45, 7) is 1.47. The van der Waals surface area contributed by atoms with Gasteiger partial charge >= 0.3 is 5.97 Å². The predicted octanol–water partition coefficient (Wildman–Crippen LogP) is -0.541. The first-order chi connectivity index (χ1) is 6.99. The van der Waals surface area contributed by atoms with E-state index in [2.05, 4.69) is 19.9 Å². The molecule has 1 unspecified atom stereocenters. The molecule has 0 aliphatic rings. The minimum Gasteiger partial charge on any atom is -0.481 e. The summed E-state index contributed by atoms with van der Waals surface area (Å²) in [5.41, 5.74) is 10.6. The Hall–Kier alpha value is -2.25. The molecule has 0 amide bonds. The third-order valence-electron chi connectivity index (χ3n) is 1.46. The number of carboxylic acid groups (broad SMARTS) is 1. The zero-order chi connectivity index (χ0) is 11.4. The predicted molar refractivity (Wildman–Crippen MR) is 53.6 cm³/mol. The molecule has 0 bridgehead atoms. The first kappa shape index (κ1) is 10.8. The third kappa shape index (κ3) is 3.18. The molecule has 1 atom stereocenters. The van der Waals surface area contributed by atoms with Crippen molar-refractivity contribution in [1.29, 1.82) is 0 Å². The number of nitrogens with zero attached hydrogens (tertiary/aromatic N) is 4. The van der Waals surface area contributed by atoms with Gasteiger partial charge in [-0.1, -0.05) is 0 Å². The second-order valence-corrected chi connectivity index (χ2v) is 2.76. The molecule has 8 nitrogen and oxygen atoms in total. The molecule has 80 valence electrons. The molecule has 0 spiro atoms. The van der Waals surface area contributed by atoms with Gasteiger partial charge in [0.05, 0.1) is 5.92 Å². The van der Waals surface area contributed by atoms with Gasteiger partial charge in [0.25, 0.3) is 5.95 Å². The molecule has 1 aromatic rings. The summed E-state index contributed by atoms with van der Waals surface area (Å²) in [6, 6.07) is 0. The maximum absolute atomic E-state index is 10.5. The molecule has 15 heavy (non-hydrogen) atoms. The van der Waals surface area contributed by atoms with Crippen LogP contribution in [0.5, 0.6) is 0 Å². The Balaban J connectivity index is 2.85. The van der Waals surface area contributed by atoms with Crippen LogP contribution in [0, 0.1) is 5.92 Å². The van der Waals surface area contributed by atoms with Gasteiger partial charge in [-0.2, -0.15) is 15.0 Å². The SMILES string of the molecule is CC(C=Nc1nc(N)nc(N)n1)C(=O)O. The van der Waals surface area contributed by atoms with E-state index in [1.54, 1.807) is 0 Å². The van der Waals surface area contributed by atoms with Gasteiger partial charge in [0.2, 0.25) is 11.9 Å². The normalized spacial score (nSPS) is 12.9. The van der Waals surface area contributed by atoms with Gasteiger partial charge in [-0.3, -0.25) is 4.79 Å². The second-order valence-electron chi connectivity index (χ2n) is 2.76. The molecule has 0 radical (unpaired) electrons. The van der Waals surface area contributed by atoms with Crippen molar-refractivity contribution in [2.45, 2.75) is 6.92 Å². The van der Waals surface area contributed by atoms with Gasteiger partial charge in [0.15, 0.2) is 0 Å². The number of nitrogen functional groups attached to an aromatic ring is 2. The van der Waals surface area contributed by atoms with Gasteiger partial charge in [0, 0.05) is 6.21 Å². The van der Waals surface area contributed by atoms with Crippen LogP contribution in [0.25, 0.3) is 0 Å². The second kappa shape index (κ2) is 4.31. The van der Waals surface area contributed by atoms with Crippen LogP contribution in [0.4, 0.5) is 17.8 Å². The number of hydrogen-bond acceptors (Lipinski definition) is 7. The average Bonchev–Trinajstić information content (AvgIpc) is 2.12. The van der Waals surface area contributed by atoms with Crippen LogP contribution in [0.15, 0.2) is 4.99 Å². The van der Waals surface area contributed by atoms with Crippen LogP contribution < -0.4 is 11.5 Å². The van der Waals surface area contributed by atoms with Gasteiger partial charge in [-0.25, -0.2) is 4.99 Å². The van der Waals surface area contributed by atoms with Gasteiger partial charge in [0.1, 0.15) is 0 Å². The number of aliphatic imine (C=N–C) groups is 1. The van der Waals surface area contributed by atoms with Gasteiger partial charge < -0.3 is 16.6 Å². The Morgan fingerprint density at radius 1 is 1.40 bits per heavy atom. The lowest BCUT2D eigenvalue weighted by molar-refractivity contribution is -0.138. The molecule has 0 aliphatic heterocycles. The van der Waals surface area contributed by atoms with Gasteiger partial charge in [-0.05, 0) is 6.92 Å². The fourth-order valence-electron chi connectivity index (χ4n) is 0.697. The Labute approximate surface area is 85.1 Å². The van der Waals surface area contributed by atoms with E-state index in [0.29, 0.717) is 0 Å². The lowest BCUT2D eigenvalue weighted by atomic mass is 10.2. The summed E-state index contributed by atoms with van der Waals surface area (Å²) in [5.74, 6) is -1.85. The minimum atomic E-state index is -0.992. The van der Waals surface area contributed by atoms with E-state index >= 15 is 0 Å². The molecule has 5 N–H and O–H groups in total. The van der Waals surface area contributed by atoms with Crippen molar-refractivity contribution in [3.63, 3.8) is 0 Å². The van der Waals surface area contributed by atoms with E-state index < -0.39 is 11.9 Å². The molecule has 0 aromatic carbocycles. The highest BCUT2D eigenvalue weighted by Crippen LogP contribution is 2.07. The third-order valence-corrected chi connectivity index (χ3v) is 1.46. The quantitative estimate of drug-likeness (QED) is 0.569. The molecule has 0 aliphatic carbocycles. The van der Waals surface area contributed by atoms with E-state index in [1.807, 2.05) is 0 Å². The molecule has 0 saturated carbocycles. The maximum Gasteiger partial charge on any atom is 0.311 e. The Morgan fingerprint density at radius 3 is 2.40 bits per heavy atom. The standard InChI is InChI=1S/C7H10N6O2/c1-3(4(14)15)2-10-7-12-5(8)11-6(9)13-7/h2-3H,1H3,(H,14,15)(H4,8,9,11,12,13). The lowest BCUT2D eigenvalue weighted by Crippen LogP contribution is -2.10. The van der Waals surface area contributed by atoms with E-state index in [9.17, 15) is 4.79 Å². The fraction of sp³-hybridized carbons (Fsp3) is 0.286. The van der Waals surface area contributed by atoms with Crippen molar-refractivity contribution in [2.75, 3.05) is 11.5 Å². The number of carboxylic acids is 1. The van der Waals surface area contributed by atoms with Gasteiger partial charge in [-0.15, -0.1) is 0 Å². The van der Waals surface area contributed by atoms with Crippen molar-refractivity contribution < 1.29 is 9.90 Å². The van der Waals surface area contributed by atoms with Crippen LogP contribution in [-0.4, -0.2) is 32.2 Å². The van der Waals surface area contributed by atoms with Crippen LogP contribution in [0.2, 0.25) is 0 Å². The van der Waals surface area contributed by atoms with Crippen molar-refractivity contribution in [3.8, 4) is 0 Å². The smallest absolute Gasteiger partial charge is 0.311 e. The lowest BCUT2D eigenvalue weighted by Gasteiger charge is -1.98. The number of hydrogen-bond donors (Lipinski definition) is 3. The van der Waals surface area contributed by atoms with Crippen LogP contribution in [0.3, 0.4) is 0 Å². The van der Waals surface area contributed by atoms with E-state index in [1.165, 1.54) is 13.1 Å². The zero-order valence-electron chi connectivity index (χ0n) is 7.95. The number of rotatable bonds is 3. The summed E-state index contributed by atoms with van der Waals surface area (Å²) < 4.78 is 0. The Morgan fingerprint density at radius 2 is 1.93 bits per heavy atom. The number of nitrogens with two attached hydrogens (primary N) is 2. The topological polar surface area (TPSA) is 140 Å². The molecule has 1 aromatic heterocycles. The zero-order valence-corrected chi connectivity index (χ0v) is 7.95. The molecule has 8 heteroatoms. The first-order valence-electron chi connectivity index (χ1n) is 4.03. The molecule has 1 heterocycles. The molecule has 0 saturated heterocycles. The Bertz CT molecular complexity index is 384. The number of anilines is 2. The monoisotopic (exact) mass is 210 g/mol. The molecular weight excluding hydrogens is 200 g/mol. The minimum absolute atomic E-state index is 0.00639. The van der Waals surface area contributed by atoms with Crippen LogP contribution in [-0.2, 0) is 4.79 Å². The van der Waals surface area contributed by atoms with Crippen LogP contribution >= 0.6 is 0 Å². The number of aliphatic carboxylic acids is 1. The summed E-state index contributed by atoms with van der Waals surface area (Å²) in [7, 11) is 0. The largest absolute Gasteiger partial charge is 0.481 e. The highest BCUT2D eigenvalue weighted by Gasteiger charge is 2.07. The van der Waals surface area contributed by atoms with Crippen molar-refractivity contribution >= 4 is 30.0 Å². The summed E-state index contributed by atoms with van der Waals surface area (Å²) in [5, 5.41) is 8.58. The molecular formula is C7H10N6O2. The van der Waals surface area contributed by atoms with Crippen LogP contribution in [0.1, 0.15) is 6.92 Å². The van der Waals surface area contributed by atoms with Crippen molar-refractivity contribution in [3.05, 3.63) is 0 Å². The summed E-state index contributed by atoms with van der Waals surface area (Å²) in [4.78, 5) is 25.0.